The molecule has 1 aliphatic heterocycles. The van der Waals surface area contributed by atoms with Gasteiger partial charge in [0.25, 0.3) is 0 Å². The molecule has 2 aromatic rings. The first kappa shape index (κ1) is 11.0. The van der Waals surface area contributed by atoms with E-state index >= 15 is 0 Å². The summed E-state index contributed by atoms with van der Waals surface area (Å²) >= 11 is 0. The summed E-state index contributed by atoms with van der Waals surface area (Å²) in [6, 6.07) is 14.4. The van der Waals surface area contributed by atoms with Crippen molar-refractivity contribution in [2.45, 2.75) is 13.3 Å². The fraction of sp³-hybridized carbons (Fsp3) is 0.188. The summed E-state index contributed by atoms with van der Waals surface area (Å²) in [6.07, 6.45) is 0.876. The molecule has 0 unspecified atom stereocenters. The minimum Gasteiger partial charge on any atom is -0.496 e. The predicted molar refractivity (Wildman–Crippen MR) is 74.9 cm³/mol. The zero-order valence-corrected chi connectivity index (χ0v) is 10.6. The summed E-state index contributed by atoms with van der Waals surface area (Å²) in [5.41, 5.74) is 5.77. The Morgan fingerprint density at radius 2 is 1.89 bits per heavy atom. The van der Waals surface area contributed by atoms with Gasteiger partial charge in [0.15, 0.2) is 0 Å². The summed E-state index contributed by atoms with van der Waals surface area (Å²) in [5, 5.41) is 0. The lowest BCUT2D eigenvalue weighted by Gasteiger charge is -2.12. The van der Waals surface area contributed by atoms with E-state index in [1.165, 1.54) is 11.1 Å². The molecule has 1 heterocycles. The van der Waals surface area contributed by atoms with Gasteiger partial charge >= 0.3 is 0 Å². The summed E-state index contributed by atoms with van der Waals surface area (Å²) in [5.74, 6) is 0.921. The van der Waals surface area contributed by atoms with Crippen LogP contribution in [0.25, 0.3) is 11.1 Å². The van der Waals surface area contributed by atoms with Crippen LogP contribution in [0, 0.1) is 0 Å². The van der Waals surface area contributed by atoms with E-state index in [-0.39, 0.29) is 0 Å². The highest BCUT2D eigenvalue weighted by Crippen LogP contribution is 2.41. The lowest BCUT2D eigenvalue weighted by Crippen LogP contribution is -1.98. The molecular formula is C16H15NO. The van der Waals surface area contributed by atoms with Crippen molar-refractivity contribution < 1.29 is 4.74 Å². The summed E-state index contributed by atoms with van der Waals surface area (Å²) in [6.45, 7) is 2.07. The van der Waals surface area contributed by atoms with Crippen LogP contribution in [0.1, 0.15) is 12.5 Å². The zero-order chi connectivity index (χ0) is 12.5. The van der Waals surface area contributed by atoms with Crippen LogP contribution < -0.4 is 4.74 Å². The quantitative estimate of drug-likeness (QED) is 0.734. The molecule has 2 nitrogen and oxygen atoms in total. The second-order valence-corrected chi connectivity index (χ2v) is 4.54. The van der Waals surface area contributed by atoms with E-state index in [0.717, 1.165) is 29.1 Å². The van der Waals surface area contributed by atoms with Gasteiger partial charge in [-0.05, 0) is 24.6 Å². The summed E-state index contributed by atoms with van der Waals surface area (Å²) in [7, 11) is 1.72. The van der Waals surface area contributed by atoms with Crippen molar-refractivity contribution in [1.29, 1.82) is 0 Å². The summed E-state index contributed by atoms with van der Waals surface area (Å²) < 4.78 is 5.51. The fourth-order valence-corrected chi connectivity index (χ4v) is 2.50. The van der Waals surface area contributed by atoms with Gasteiger partial charge < -0.3 is 4.74 Å². The fourth-order valence-electron chi connectivity index (χ4n) is 2.50. The predicted octanol–water partition coefficient (Wildman–Crippen LogP) is 4.01. The van der Waals surface area contributed by atoms with Crippen LogP contribution in [-0.2, 0) is 6.42 Å². The van der Waals surface area contributed by atoms with Gasteiger partial charge in [0.2, 0.25) is 0 Å². The lowest BCUT2D eigenvalue weighted by molar-refractivity contribution is 0.416. The Bertz CT molecular complexity index is 629. The number of nitrogens with zero attached hydrogens (tertiary/aromatic N) is 1. The van der Waals surface area contributed by atoms with Crippen LogP contribution in [0.15, 0.2) is 47.5 Å². The molecule has 0 aromatic heterocycles. The number of hydrogen-bond acceptors (Lipinski definition) is 2. The topological polar surface area (TPSA) is 21.6 Å². The van der Waals surface area contributed by atoms with Crippen LogP contribution in [0.5, 0.6) is 5.75 Å². The molecular weight excluding hydrogens is 222 g/mol. The average molecular weight is 237 g/mol. The monoisotopic (exact) mass is 237 g/mol. The number of rotatable bonds is 1. The molecule has 0 bridgehead atoms. The van der Waals surface area contributed by atoms with E-state index in [0.29, 0.717) is 0 Å². The average Bonchev–Trinajstić information content (AvgIpc) is 2.53. The molecule has 3 rings (SSSR count). The van der Waals surface area contributed by atoms with Crippen molar-refractivity contribution in [3.8, 4) is 16.9 Å². The van der Waals surface area contributed by atoms with Crippen molar-refractivity contribution >= 4 is 11.4 Å². The highest BCUT2D eigenvalue weighted by molar-refractivity contribution is 5.95. The van der Waals surface area contributed by atoms with Crippen molar-refractivity contribution in [1.82, 2.24) is 0 Å². The second-order valence-electron chi connectivity index (χ2n) is 4.54. The largest absolute Gasteiger partial charge is 0.496 e. The van der Waals surface area contributed by atoms with Gasteiger partial charge in [-0.1, -0.05) is 30.3 Å². The number of benzene rings is 2. The first-order chi connectivity index (χ1) is 8.79. The van der Waals surface area contributed by atoms with Gasteiger partial charge in [-0.3, -0.25) is 4.99 Å². The molecule has 0 spiro atoms. The second kappa shape index (κ2) is 4.30. The lowest BCUT2D eigenvalue weighted by atomic mass is 9.96. The standard InChI is InChI=1S/C16H15NO/c1-11-10-12-6-5-9-15(18-2)16(12)13-7-3-4-8-14(13)17-11/h3-9H,10H2,1-2H3. The smallest absolute Gasteiger partial charge is 0.127 e. The van der Waals surface area contributed by atoms with Crippen LogP contribution in [0.2, 0.25) is 0 Å². The maximum Gasteiger partial charge on any atom is 0.127 e. The molecule has 0 fully saturated rings. The molecule has 0 saturated heterocycles. The van der Waals surface area contributed by atoms with Gasteiger partial charge in [0, 0.05) is 23.3 Å². The maximum atomic E-state index is 5.51. The van der Waals surface area contributed by atoms with Crippen molar-refractivity contribution in [3.63, 3.8) is 0 Å². The van der Waals surface area contributed by atoms with Crippen LogP contribution in [0.4, 0.5) is 5.69 Å². The molecule has 0 amide bonds. The third-order valence-electron chi connectivity index (χ3n) is 3.26. The first-order valence-corrected chi connectivity index (χ1v) is 6.09. The number of hydrogen-bond donors (Lipinski definition) is 0. The first-order valence-electron chi connectivity index (χ1n) is 6.09. The molecule has 2 heteroatoms. The number of aliphatic imine (C=N–C) groups is 1. The van der Waals surface area contributed by atoms with Crippen molar-refractivity contribution in [3.05, 3.63) is 48.0 Å². The Labute approximate surface area is 107 Å². The van der Waals surface area contributed by atoms with Gasteiger partial charge in [-0.15, -0.1) is 0 Å². The molecule has 0 aliphatic carbocycles. The van der Waals surface area contributed by atoms with E-state index in [1.807, 2.05) is 24.3 Å². The molecule has 0 radical (unpaired) electrons. The number of methoxy groups -OCH3 is 1. The molecule has 1 aliphatic rings. The van der Waals surface area contributed by atoms with Gasteiger partial charge in [-0.2, -0.15) is 0 Å². The third-order valence-corrected chi connectivity index (χ3v) is 3.26. The number of para-hydroxylation sites is 1. The molecule has 0 N–H and O–H groups in total. The van der Waals surface area contributed by atoms with Crippen LogP contribution in [-0.4, -0.2) is 12.8 Å². The van der Waals surface area contributed by atoms with E-state index in [9.17, 15) is 0 Å². The third kappa shape index (κ3) is 1.70. The highest BCUT2D eigenvalue weighted by atomic mass is 16.5. The van der Waals surface area contributed by atoms with Crippen molar-refractivity contribution in [2.24, 2.45) is 4.99 Å². The Morgan fingerprint density at radius 3 is 2.72 bits per heavy atom. The zero-order valence-electron chi connectivity index (χ0n) is 10.6. The van der Waals surface area contributed by atoms with Crippen LogP contribution >= 0.6 is 0 Å². The van der Waals surface area contributed by atoms with Gasteiger partial charge in [0.05, 0.1) is 12.8 Å². The molecule has 0 atom stereocenters. The van der Waals surface area contributed by atoms with Gasteiger partial charge in [-0.25, -0.2) is 0 Å². The molecule has 18 heavy (non-hydrogen) atoms. The minimum absolute atomic E-state index is 0.876. The van der Waals surface area contributed by atoms with E-state index < -0.39 is 0 Å². The van der Waals surface area contributed by atoms with Crippen LogP contribution in [0.3, 0.4) is 0 Å². The normalized spacial score (nSPS) is 13.1. The Balaban J connectivity index is 2.36. The Kier molecular flexibility index (Phi) is 2.63. The Morgan fingerprint density at radius 1 is 1.06 bits per heavy atom. The number of fused-ring (bicyclic) bond motifs is 3. The Hall–Kier alpha value is -2.09. The summed E-state index contributed by atoms with van der Waals surface area (Å²) in [4.78, 5) is 4.69. The van der Waals surface area contributed by atoms with E-state index in [2.05, 4.69) is 25.1 Å². The number of ether oxygens (including phenoxy) is 1. The maximum absolute atomic E-state index is 5.51. The van der Waals surface area contributed by atoms with Crippen molar-refractivity contribution in [2.75, 3.05) is 7.11 Å². The van der Waals surface area contributed by atoms with Gasteiger partial charge in [0.1, 0.15) is 5.75 Å². The highest BCUT2D eigenvalue weighted by Gasteiger charge is 2.17. The van der Waals surface area contributed by atoms with E-state index in [1.54, 1.807) is 7.11 Å². The van der Waals surface area contributed by atoms with E-state index in [4.69, 9.17) is 9.73 Å². The SMILES string of the molecule is COc1cccc2c1-c1ccccc1N=C(C)C2. The minimum atomic E-state index is 0.876. The molecule has 0 saturated carbocycles. The molecule has 90 valence electrons. The molecule has 2 aromatic carbocycles.